The summed E-state index contributed by atoms with van der Waals surface area (Å²) in [7, 11) is 0. The molecule has 11 nitrogen and oxygen atoms in total. The maximum Gasteiger partial charge on any atom is 0.323 e. The first-order valence-corrected chi connectivity index (χ1v) is 27.6. The quantitative estimate of drug-likeness (QED) is 0.0981. The zero-order chi connectivity index (χ0) is 48.3. The third-order valence-corrected chi connectivity index (χ3v) is 18.8. The average molecular weight is 963 g/mol. The molecule has 13 heterocycles. The van der Waals surface area contributed by atoms with Crippen LogP contribution in [0.5, 0.6) is 17.8 Å². The normalized spacial score (nSPS) is 30.9. The molecule has 0 saturated carbocycles. The Labute approximate surface area is 424 Å². The topological polar surface area (TPSA) is 102 Å². The molecule has 0 amide bonds. The molecule has 9 aliphatic rings. The molecule has 7 aromatic rings. The first-order valence-electron chi connectivity index (χ1n) is 27.6. The van der Waals surface area contributed by atoms with Crippen LogP contribution in [-0.2, 0) is 0 Å². The number of hydrogen-bond donors (Lipinski definition) is 0. The van der Waals surface area contributed by atoms with Gasteiger partial charge < -0.3 is 14.2 Å². The van der Waals surface area contributed by atoms with Gasteiger partial charge in [0.2, 0.25) is 11.8 Å². The summed E-state index contributed by atoms with van der Waals surface area (Å²) in [6.45, 7) is 13.5. The summed E-state index contributed by atoms with van der Waals surface area (Å²) in [6.07, 6.45) is 15.3. The first kappa shape index (κ1) is 46.1. The summed E-state index contributed by atoms with van der Waals surface area (Å²) in [5, 5.41) is 3.31. The number of benzene rings is 3. The Morgan fingerprint density at radius 1 is 0.458 bits per heavy atom. The number of pyridine rings is 3. The number of aromatic nitrogens is 5. The molecular weight excluding hydrogens is 893 g/mol. The van der Waals surface area contributed by atoms with Gasteiger partial charge in [-0.2, -0.15) is 9.97 Å². The second kappa shape index (κ2) is 19.6. The van der Waals surface area contributed by atoms with Crippen molar-refractivity contribution in [2.75, 3.05) is 39.3 Å². The first-order chi connectivity index (χ1) is 35.5. The number of fused-ring (bicyclic) bond motifs is 12. The van der Waals surface area contributed by atoms with Crippen molar-refractivity contribution >= 4 is 32.7 Å². The number of para-hydroxylation sites is 3. The summed E-state index contributed by atoms with van der Waals surface area (Å²) in [5.74, 6) is 4.96. The molecule has 6 bridgehead atoms. The van der Waals surface area contributed by atoms with Gasteiger partial charge in [-0.1, -0.05) is 94.6 Å². The third-order valence-electron chi connectivity index (χ3n) is 18.8. The van der Waals surface area contributed by atoms with Crippen LogP contribution in [0.2, 0.25) is 0 Å². The number of rotatable bonds is 15. The standard InChI is InChI=1S/C61H70N8O3/c1-4-38-35-67-28-22-41(38)31-53(67)58(47-19-25-62-50-16-10-7-13-44(47)50)70-56-34-57(71-59(48-20-26-63-51-17-11-8-14-45(48)51)54-32-42-23-29-68(54)36-39(42)5-2)66-61(65-56)72-60(49-21-27-64-52-18-12-9-15-46(49)52)55-33-43-24-30-69(55)37-40(43)6-3/h7-21,25-27,34,38-43,53-55,58-60H,4-6,22-24,28-33,35-37H2,1-3H3/t38?,39?,40?,41?,42?,43?,53-,54+,55-,58+,59+,60-/m1/s1. The molecule has 0 spiro atoms. The number of hydrogen-bond acceptors (Lipinski definition) is 11. The van der Waals surface area contributed by atoms with Crippen molar-refractivity contribution in [3.63, 3.8) is 0 Å². The van der Waals surface area contributed by atoms with Crippen LogP contribution in [0.3, 0.4) is 0 Å². The van der Waals surface area contributed by atoms with E-state index in [0.29, 0.717) is 47.3 Å². The van der Waals surface area contributed by atoms with Gasteiger partial charge in [-0.3, -0.25) is 29.7 Å². The van der Waals surface area contributed by atoms with Gasteiger partial charge in [0, 0.05) is 71.1 Å². The van der Waals surface area contributed by atoms with Gasteiger partial charge in [0.25, 0.3) is 0 Å². The van der Waals surface area contributed by atoms with Crippen LogP contribution in [0.15, 0.2) is 116 Å². The van der Waals surface area contributed by atoms with Crippen LogP contribution in [0.1, 0.15) is 114 Å². The van der Waals surface area contributed by atoms with Crippen molar-refractivity contribution < 1.29 is 14.2 Å². The van der Waals surface area contributed by atoms with Crippen LogP contribution >= 0.6 is 0 Å². The average Bonchev–Trinajstić information content (AvgIpc) is 3.45. The van der Waals surface area contributed by atoms with Crippen molar-refractivity contribution in [3.8, 4) is 17.8 Å². The highest BCUT2D eigenvalue weighted by molar-refractivity contribution is 5.84. The second-order valence-corrected chi connectivity index (χ2v) is 22.2. The molecule has 9 aliphatic heterocycles. The number of nitrogens with zero attached hydrogens (tertiary/aromatic N) is 8. The van der Waals surface area contributed by atoms with Crippen molar-refractivity contribution in [2.24, 2.45) is 35.5 Å². The van der Waals surface area contributed by atoms with Crippen LogP contribution in [0.25, 0.3) is 32.7 Å². The van der Waals surface area contributed by atoms with E-state index in [1.807, 2.05) is 24.7 Å². The highest BCUT2D eigenvalue weighted by Crippen LogP contribution is 2.48. The molecule has 11 heteroatoms. The summed E-state index contributed by atoms with van der Waals surface area (Å²) < 4.78 is 22.7. The maximum absolute atomic E-state index is 7.59. The Hall–Kier alpha value is -5.75. The van der Waals surface area contributed by atoms with Crippen LogP contribution in [0.4, 0.5) is 0 Å². The van der Waals surface area contributed by atoms with Crippen molar-refractivity contribution in [1.82, 2.24) is 39.6 Å². The van der Waals surface area contributed by atoms with E-state index in [0.717, 1.165) is 108 Å². The molecule has 9 fully saturated rings. The molecule has 0 N–H and O–H groups in total. The fourth-order valence-corrected chi connectivity index (χ4v) is 14.9. The van der Waals surface area contributed by atoms with Crippen LogP contribution in [0, 0.1) is 35.5 Å². The number of ether oxygens (including phenoxy) is 3. The predicted molar refractivity (Wildman–Crippen MR) is 283 cm³/mol. The Morgan fingerprint density at radius 3 is 1.14 bits per heavy atom. The van der Waals surface area contributed by atoms with E-state index in [-0.39, 0.29) is 42.4 Å². The molecule has 4 aromatic heterocycles. The lowest BCUT2D eigenvalue weighted by Gasteiger charge is -2.52. The molecule has 0 radical (unpaired) electrons. The van der Waals surface area contributed by atoms with E-state index in [4.69, 9.17) is 39.1 Å². The third kappa shape index (κ3) is 8.47. The van der Waals surface area contributed by atoms with Crippen LogP contribution in [-0.4, -0.2) is 97.0 Å². The summed E-state index contributed by atoms with van der Waals surface area (Å²) in [5.41, 5.74) is 6.25. The van der Waals surface area contributed by atoms with Gasteiger partial charge in [0.1, 0.15) is 18.3 Å². The molecule has 372 valence electrons. The molecule has 15 atom stereocenters. The van der Waals surface area contributed by atoms with Crippen LogP contribution < -0.4 is 14.2 Å². The van der Waals surface area contributed by atoms with Gasteiger partial charge in [0.05, 0.1) is 40.7 Å². The second-order valence-electron chi connectivity index (χ2n) is 22.2. The van der Waals surface area contributed by atoms with Crippen molar-refractivity contribution in [2.45, 2.75) is 115 Å². The monoisotopic (exact) mass is 963 g/mol. The lowest BCUT2D eigenvalue weighted by molar-refractivity contribution is -0.0552. The number of piperidine rings is 9. The maximum atomic E-state index is 7.59. The smallest absolute Gasteiger partial charge is 0.323 e. The van der Waals surface area contributed by atoms with Gasteiger partial charge in [-0.25, -0.2) is 0 Å². The SMILES string of the molecule is CCC1CN2CCC1C[C@@H]2[C@@H](Oc1cc(O[C@@H](c2ccnc3ccccc23)[C@@H]2CC3CCN2CC3CC)nc(O[C@H](c2ccnc3ccccc23)[C@H]2CC3CC[N@]2CC3CC)n1)c1ccnc2ccccc12. The minimum atomic E-state index is -0.362. The zero-order valence-corrected chi connectivity index (χ0v) is 42.3. The zero-order valence-electron chi connectivity index (χ0n) is 42.3. The van der Waals surface area contributed by atoms with Crippen molar-refractivity contribution in [3.05, 3.63) is 132 Å². The summed E-state index contributed by atoms with van der Waals surface area (Å²) in [4.78, 5) is 33.3. The van der Waals surface area contributed by atoms with Gasteiger partial charge in [-0.15, -0.1) is 0 Å². The molecular formula is C61H70N8O3. The minimum Gasteiger partial charge on any atom is -0.467 e. The lowest BCUT2D eigenvalue weighted by Crippen LogP contribution is -2.56. The highest BCUT2D eigenvalue weighted by Gasteiger charge is 2.48. The summed E-state index contributed by atoms with van der Waals surface area (Å²) in [6, 6.07) is 34.6. The molecule has 72 heavy (non-hydrogen) atoms. The van der Waals surface area contributed by atoms with Crippen molar-refractivity contribution in [1.29, 1.82) is 0 Å². The Bertz CT molecular complexity index is 2710. The van der Waals surface area contributed by atoms with Gasteiger partial charge in [0.15, 0.2) is 0 Å². The fourth-order valence-electron chi connectivity index (χ4n) is 14.9. The minimum absolute atomic E-state index is 0.135. The molecule has 9 saturated heterocycles. The fraction of sp³-hybridized carbons (Fsp3) is 0.492. The molecule has 0 aliphatic carbocycles. The van der Waals surface area contributed by atoms with E-state index in [1.165, 1.54) is 38.5 Å². The Balaban J connectivity index is 0.958. The predicted octanol–water partition coefficient (Wildman–Crippen LogP) is 11.8. The Kier molecular flexibility index (Phi) is 12.5. The Morgan fingerprint density at radius 2 is 0.806 bits per heavy atom. The largest absolute Gasteiger partial charge is 0.467 e. The molecule has 8 unspecified atom stereocenters. The molecule has 3 aromatic carbocycles. The van der Waals surface area contributed by atoms with Gasteiger partial charge >= 0.3 is 6.01 Å². The van der Waals surface area contributed by atoms with E-state index >= 15 is 0 Å². The van der Waals surface area contributed by atoms with E-state index in [2.05, 4.69) is 126 Å². The van der Waals surface area contributed by atoms with E-state index in [1.54, 1.807) is 0 Å². The highest BCUT2D eigenvalue weighted by atomic mass is 16.5. The molecule has 16 rings (SSSR count). The van der Waals surface area contributed by atoms with E-state index in [9.17, 15) is 0 Å². The lowest BCUT2D eigenvalue weighted by atomic mass is 9.72. The summed E-state index contributed by atoms with van der Waals surface area (Å²) >= 11 is 0. The van der Waals surface area contributed by atoms with Gasteiger partial charge in [-0.05, 0) is 130 Å². The van der Waals surface area contributed by atoms with E-state index < -0.39 is 0 Å².